The fraction of sp³-hybridized carbons (Fsp3) is 0. The zero-order valence-electron chi connectivity index (χ0n) is 10.8. The summed E-state index contributed by atoms with van der Waals surface area (Å²) in [4.78, 5) is 15.0. The van der Waals surface area contributed by atoms with E-state index < -0.39 is 0 Å². The Hall–Kier alpha value is -2.17. The highest BCUT2D eigenvalue weighted by Crippen LogP contribution is 2.33. The van der Waals surface area contributed by atoms with Crippen LogP contribution in [-0.4, -0.2) is 11.0 Å². The molecule has 0 unspecified atom stereocenters. The maximum absolute atomic E-state index is 12.0. The van der Waals surface area contributed by atoms with Gasteiger partial charge < -0.3 is 15.6 Å². The Morgan fingerprint density at radius 2 is 1.81 bits per heavy atom. The maximum Gasteiger partial charge on any atom is 0.323 e. The number of carbonyl (C=O) groups is 1. The number of H-pyrrole nitrogens is 1. The second-order valence-corrected chi connectivity index (χ2v) is 5.30. The van der Waals surface area contributed by atoms with Crippen molar-refractivity contribution in [2.24, 2.45) is 0 Å². The summed E-state index contributed by atoms with van der Waals surface area (Å²) in [6.45, 7) is 0. The van der Waals surface area contributed by atoms with Crippen LogP contribution in [-0.2, 0) is 0 Å². The molecule has 0 radical (unpaired) electrons. The quantitative estimate of drug-likeness (QED) is 0.603. The van der Waals surface area contributed by atoms with E-state index in [1.807, 2.05) is 30.3 Å². The predicted molar refractivity (Wildman–Crippen MR) is 87.4 cm³/mol. The molecular weight excluding hydrogens is 309 g/mol. The van der Waals surface area contributed by atoms with Gasteiger partial charge in [0.2, 0.25) is 0 Å². The third-order valence-corrected chi connectivity index (χ3v) is 3.49. The van der Waals surface area contributed by atoms with Crippen LogP contribution in [0.1, 0.15) is 0 Å². The summed E-state index contributed by atoms with van der Waals surface area (Å²) in [5.41, 5.74) is 2.08. The third kappa shape index (κ3) is 2.96. The summed E-state index contributed by atoms with van der Waals surface area (Å²) in [6, 6.07) is 12.2. The smallest absolute Gasteiger partial charge is 0.323 e. The van der Waals surface area contributed by atoms with Gasteiger partial charge >= 0.3 is 6.03 Å². The summed E-state index contributed by atoms with van der Waals surface area (Å²) < 4.78 is 0. The maximum atomic E-state index is 12.0. The lowest BCUT2D eigenvalue weighted by atomic mass is 10.2. The Bertz CT molecular complexity index is 799. The predicted octanol–water partition coefficient (Wildman–Crippen LogP) is 5.12. The molecule has 0 spiro atoms. The number of benzene rings is 2. The molecule has 6 heteroatoms. The van der Waals surface area contributed by atoms with Gasteiger partial charge in [-0.3, -0.25) is 0 Å². The molecule has 0 saturated carbocycles. The van der Waals surface area contributed by atoms with E-state index in [1.54, 1.807) is 18.3 Å². The molecule has 1 aromatic heterocycles. The fourth-order valence-electron chi connectivity index (χ4n) is 2.09. The van der Waals surface area contributed by atoms with Gasteiger partial charge in [-0.25, -0.2) is 4.79 Å². The first-order valence-electron chi connectivity index (χ1n) is 6.22. The van der Waals surface area contributed by atoms with Gasteiger partial charge in [-0.2, -0.15) is 0 Å². The molecule has 2 amide bonds. The van der Waals surface area contributed by atoms with Gasteiger partial charge in [0.05, 0.1) is 16.2 Å². The van der Waals surface area contributed by atoms with E-state index in [-0.39, 0.29) is 6.03 Å². The number of aromatic amines is 1. The molecule has 0 saturated heterocycles. The molecule has 21 heavy (non-hydrogen) atoms. The van der Waals surface area contributed by atoms with E-state index in [0.29, 0.717) is 21.4 Å². The number of fused-ring (bicyclic) bond motifs is 1. The van der Waals surface area contributed by atoms with Gasteiger partial charge in [-0.05, 0) is 24.3 Å². The number of urea groups is 1. The normalized spacial score (nSPS) is 10.6. The van der Waals surface area contributed by atoms with Crippen molar-refractivity contribution in [3.05, 3.63) is 58.7 Å². The SMILES string of the molecule is O=C(Nc1ccccc1)Nc1c[nH]c2cc(Cl)cc(Cl)c12. The van der Waals surface area contributed by atoms with Gasteiger partial charge in [-0.15, -0.1) is 0 Å². The topological polar surface area (TPSA) is 56.9 Å². The lowest BCUT2D eigenvalue weighted by Gasteiger charge is -2.07. The molecule has 0 fully saturated rings. The van der Waals surface area contributed by atoms with Gasteiger partial charge in [-0.1, -0.05) is 41.4 Å². The molecule has 2 aromatic carbocycles. The monoisotopic (exact) mass is 319 g/mol. The lowest BCUT2D eigenvalue weighted by Crippen LogP contribution is -2.19. The molecule has 106 valence electrons. The highest BCUT2D eigenvalue weighted by Gasteiger charge is 2.11. The summed E-state index contributed by atoms with van der Waals surface area (Å²) in [7, 11) is 0. The number of halogens is 2. The standard InChI is InChI=1S/C15H11Cl2N3O/c16-9-6-11(17)14-12(7-9)18-8-13(14)20-15(21)19-10-4-2-1-3-5-10/h1-8,18H,(H2,19,20,21). The molecule has 1 heterocycles. The van der Waals surface area contributed by atoms with Crippen LogP contribution in [0.2, 0.25) is 10.0 Å². The van der Waals surface area contributed by atoms with E-state index in [2.05, 4.69) is 15.6 Å². The first kappa shape index (κ1) is 13.8. The Kier molecular flexibility index (Phi) is 3.73. The number of hydrogen-bond donors (Lipinski definition) is 3. The Balaban J connectivity index is 1.84. The van der Waals surface area contributed by atoms with E-state index in [0.717, 1.165) is 10.9 Å². The molecule has 0 atom stereocenters. The molecule has 3 N–H and O–H groups in total. The van der Waals surface area contributed by atoms with Crippen molar-refractivity contribution < 1.29 is 4.79 Å². The van der Waals surface area contributed by atoms with Crippen molar-refractivity contribution in [2.75, 3.05) is 10.6 Å². The van der Waals surface area contributed by atoms with Gasteiger partial charge in [0, 0.05) is 22.3 Å². The summed E-state index contributed by atoms with van der Waals surface area (Å²) >= 11 is 12.1. The summed E-state index contributed by atoms with van der Waals surface area (Å²) in [5.74, 6) is 0. The molecule has 3 aromatic rings. The van der Waals surface area contributed by atoms with E-state index >= 15 is 0 Å². The van der Waals surface area contributed by atoms with Crippen LogP contribution in [0.5, 0.6) is 0 Å². The Morgan fingerprint density at radius 1 is 1.05 bits per heavy atom. The van der Waals surface area contributed by atoms with Crippen molar-refractivity contribution in [2.45, 2.75) is 0 Å². The number of hydrogen-bond acceptors (Lipinski definition) is 1. The number of carbonyl (C=O) groups excluding carboxylic acids is 1. The molecule has 0 aliphatic rings. The minimum absolute atomic E-state index is 0.340. The molecule has 3 rings (SSSR count). The number of para-hydroxylation sites is 1. The van der Waals surface area contributed by atoms with Crippen LogP contribution < -0.4 is 10.6 Å². The highest BCUT2D eigenvalue weighted by atomic mass is 35.5. The average molecular weight is 320 g/mol. The van der Waals surface area contributed by atoms with Crippen molar-refractivity contribution in [1.29, 1.82) is 0 Å². The van der Waals surface area contributed by atoms with Crippen molar-refractivity contribution >= 4 is 51.5 Å². The zero-order chi connectivity index (χ0) is 14.8. The number of nitrogens with one attached hydrogen (secondary N) is 3. The Morgan fingerprint density at radius 3 is 2.57 bits per heavy atom. The largest absolute Gasteiger partial charge is 0.359 e. The molecule has 0 aliphatic carbocycles. The fourth-order valence-corrected chi connectivity index (χ4v) is 2.68. The van der Waals surface area contributed by atoms with Crippen molar-refractivity contribution in [3.63, 3.8) is 0 Å². The lowest BCUT2D eigenvalue weighted by molar-refractivity contribution is 0.262. The first-order valence-corrected chi connectivity index (χ1v) is 6.98. The van der Waals surface area contributed by atoms with Crippen molar-refractivity contribution in [3.8, 4) is 0 Å². The summed E-state index contributed by atoms with van der Waals surface area (Å²) in [5, 5.41) is 7.25. The highest BCUT2D eigenvalue weighted by molar-refractivity contribution is 6.39. The minimum Gasteiger partial charge on any atom is -0.359 e. The van der Waals surface area contributed by atoms with Crippen molar-refractivity contribution in [1.82, 2.24) is 4.98 Å². The second-order valence-electron chi connectivity index (χ2n) is 4.46. The van der Waals surface area contributed by atoms with Crippen LogP contribution in [0.4, 0.5) is 16.2 Å². The molecule has 0 bridgehead atoms. The zero-order valence-corrected chi connectivity index (χ0v) is 12.3. The third-order valence-electron chi connectivity index (χ3n) is 2.98. The van der Waals surface area contributed by atoms with E-state index in [4.69, 9.17) is 23.2 Å². The van der Waals surface area contributed by atoms with Crippen LogP contribution in [0.3, 0.4) is 0 Å². The Labute approximate surface area is 131 Å². The number of aromatic nitrogens is 1. The van der Waals surface area contributed by atoms with Crippen LogP contribution in [0.25, 0.3) is 10.9 Å². The van der Waals surface area contributed by atoms with Gasteiger partial charge in [0.1, 0.15) is 0 Å². The average Bonchev–Trinajstić information content (AvgIpc) is 2.82. The molecular formula is C15H11Cl2N3O. The molecule has 0 aliphatic heterocycles. The number of anilines is 2. The molecule has 4 nitrogen and oxygen atoms in total. The number of amides is 2. The summed E-state index contributed by atoms with van der Waals surface area (Å²) in [6.07, 6.45) is 1.68. The number of rotatable bonds is 2. The van der Waals surface area contributed by atoms with E-state index in [9.17, 15) is 4.79 Å². The van der Waals surface area contributed by atoms with Crippen LogP contribution >= 0.6 is 23.2 Å². The van der Waals surface area contributed by atoms with Crippen LogP contribution in [0, 0.1) is 0 Å². The minimum atomic E-state index is -0.340. The second kappa shape index (κ2) is 5.68. The first-order chi connectivity index (χ1) is 10.1. The van der Waals surface area contributed by atoms with Gasteiger partial charge in [0.15, 0.2) is 0 Å². The van der Waals surface area contributed by atoms with E-state index in [1.165, 1.54) is 0 Å². The van der Waals surface area contributed by atoms with Crippen LogP contribution in [0.15, 0.2) is 48.7 Å². The van der Waals surface area contributed by atoms with Gasteiger partial charge in [0.25, 0.3) is 0 Å².